The summed E-state index contributed by atoms with van der Waals surface area (Å²) in [5.41, 5.74) is 2.69. The van der Waals surface area contributed by atoms with Crippen LogP contribution in [0, 0.1) is 0 Å². The molecular formula is C18H24NO+. The third kappa shape index (κ3) is 3.91. The lowest BCUT2D eigenvalue weighted by atomic mass is 9.88. The summed E-state index contributed by atoms with van der Waals surface area (Å²) < 4.78 is 1.87. The normalized spacial score (nSPS) is 13.2. The summed E-state index contributed by atoms with van der Waals surface area (Å²) in [4.78, 5) is 0. The molecule has 20 heavy (non-hydrogen) atoms. The maximum absolute atomic E-state index is 10.2. The number of nitrogens with zero attached hydrogens (tertiary/aromatic N) is 1. The van der Waals surface area contributed by atoms with Crippen molar-refractivity contribution in [1.29, 1.82) is 0 Å². The Labute approximate surface area is 121 Å². The van der Waals surface area contributed by atoms with Gasteiger partial charge < -0.3 is 5.11 Å². The average molecular weight is 270 g/mol. The Morgan fingerprint density at radius 1 is 1.00 bits per heavy atom. The highest BCUT2D eigenvalue weighted by Gasteiger charge is 2.18. The first-order valence-electron chi connectivity index (χ1n) is 7.20. The van der Waals surface area contributed by atoms with Gasteiger partial charge in [0.2, 0.25) is 0 Å². The van der Waals surface area contributed by atoms with Crippen molar-refractivity contribution in [3.8, 4) is 0 Å². The summed E-state index contributed by atoms with van der Waals surface area (Å²) in [5.74, 6) is 0. The topological polar surface area (TPSA) is 24.1 Å². The summed E-state index contributed by atoms with van der Waals surface area (Å²) in [5, 5.41) is 10.2. The lowest BCUT2D eigenvalue weighted by Crippen LogP contribution is -2.39. The van der Waals surface area contributed by atoms with Crippen molar-refractivity contribution in [1.82, 2.24) is 0 Å². The molecule has 2 aromatic rings. The number of benzene rings is 1. The molecule has 0 amide bonds. The van der Waals surface area contributed by atoms with Crippen molar-refractivity contribution < 1.29 is 9.67 Å². The van der Waals surface area contributed by atoms with Crippen molar-refractivity contribution >= 4 is 0 Å². The third-order valence-corrected chi connectivity index (χ3v) is 3.60. The quantitative estimate of drug-likeness (QED) is 0.846. The first-order chi connectivity index (χ1) is 9.47. The molecule has 1 aromatic heterocycles. The van der Waals surface area contributed by atoms with E-state index in [0.717, 1.165) is 12.8 Å². The van der Waals surface area contributed by atoms with Gasteiger partial charge in [-0.05, 0) is 23.0 Å². The summed E-state index contributed by atoms with van der Waals surface area (Å²) in [6, 6.07) is 14.5. The fourth-order valence-electron chi connectivity index (χ4n) is 2.23. The average Bonchev–Trinajstić information content (AvgIpc) is 2.45. The zero-order valence-corrected chi connectivity index (χ0v) is 12.6. The van der Waals surface area contributed by atoms with Crippen LogP contribution in [0.1, 0.15) is 44.5 Å². The lowest BCUT2D eigenvalue weighted by Gasteiger charge is -2.18. The number of aromatic nitrogens is 1. The predicted octanol–water partition coefficient (Wildman–Crippen LogP) is 3.40. The van der Waals surface area contributed by atoms with Gasteiger partial charge in [0.1, 0.15) is 0 Å². The number of aliphatic hydroxyl groups excluding tert-OH is 1. The Kier molecular flexibility index (Phi) is 4.56. The molecule has 0 spiro atoms. The number of aryl methyl sites for hydroxylation is 1. The minimum absolute atomic E-state index is 0.147. The maximum Gasteiger partial charge on any atom is 0.260 e. The van der Waals surface area contributed by atoms with Gasteiger partial charge in [-0.15, -0.1) is 0 Å². The van der Waals surface area contributed by atoms with E-state index in [1.54, 1.807) is 0 Å². The molecule has 0 bridgehead atoms. The van der Waals surface area contributed by atoms with Crippen LogP contribution in [0.4, 0.5) is 0 Å². The van der Waals surface area contributed by atoms with Crippen LogP contribution < -0.4 is 4.57 Å². The second-order valence-corrected chi connectivity index (χ2v) is 6.29. The smallest absolute Gasteiger partial charge is 0.260 e. The Morgan fingerprint density at radius 3 is 2.15 bits per heavy atom. The standard InChI is InChI=1S/C18H24NO/c1-18(2,3)16-11-13-19(14-12-16)17(20)10-9-15-7-5-4-6-8-15/h4-8,11-14,17,20H,9-10H2,1-3H3/q+1/t17-/m1/s1. The fraction of sp³-hybridized carbons (Fsp3) is 0.389. The minimum atomic E-state index is -0.468. The minimum Gasteiger partial charge on any atom is -0.337 e. The Morgan fingerprint density at radius 2 is 1.60 bits per heavy atom. The molecule has 0 aliphatic heterocycles. The van der Waals surface area contributed by atoms with E-state index in [9.17, 15) is 5.11 Å². The molecule has 0 unspecified atom stereocenters. The van der Waals surface area contributed by atoms with E-state index in [2.05, 4.69) is 45.0 Å². The maximum atomic E-state index is 10.2. The molecule has 1 aromatic carbocycles. The fourth-order valence-corrected chi connectivity index (χ4v) is 2.23. The molecule has 0 aliphatic rings. The largest absolute Gasteiger partial charge is 0.337 e. The third-order valence-electron chi connectivity index (χ3n) is 3.60. The van der Waals surface area contributed by atoms with Gasteiger partial charge in [0.05, 0.1) is 0 Å². The number of hydrogen-bond donors (Lipinski definition) is 1. The lowest BCUT2D eigenvalue weighted by molar-refractivity contribution is -0.760. The van der Waals surface area contributed by atoms with E-state index in [4.69, 9.17) is 0 Å². The van der Waals surface area contributed by atoms with Crippen molar-refractivity contribution in [3.05, 3.63) is 66.0 Å². The molecule has 2 heteroatoms. The van der Waals surface area contributed by atoms with E-state index in [-0.39, 0.29) is 5.41 Å². The van der Waals surface area contributed by atoms with E-state index in [1.165, 1.54) is 11.1 Å². The summed E-state index contributed by atoms with van der Waals surface area (Å²) >= 11 is 0. The Bertz CT molecular complexity index is 526. The van der Waals surface area contributed by atoms with Gasteiger partial charge in [-0.25, -0.2) is 0 Å². The number of rotatable bonds is 4. The van der Waals surface area contributed by atoms with Gasteiger partial charge in [-0.1, -0.05) is 51.1 Å². The van der Waals surface area contributed by atoms with E-state index < -0.39 is 6.23 Å². The van der Waals surface area contributed by atoms with Crippen molar-refractivity contribution in [2.24, 2.45) is 0 Å². The number of pyridine rings is 1. The van der Waals surface area contributed by atoms with Crippen LogP contribution in [0.25, 0.3) is 0 Å². The van der Waals surface area contributed by atoms with Crippen molar-refractivity contribution in [2.45, 2.75) is 45.3 Å². The summed E-state index contributed by atoms with van der Waals surface area (Å²) in [6.45, 7) is 6.58. The molecule has 1 N–H and O–H groups in total. The van der Waals surface area contributed by atoms with Crippen LogP contribution in [-0.2, 0) is 11.8 Å². The van der Waals surface area contributed by atoms with E-state index in [0.29, 0.717) is 0 Å². The van der Waals surface area contributed by atoms with Crippen LogP contribution in [0.5, 0.6) is 0 Å². The van der Waals surface area contributed by atoms with Gasteiger partial charge in [-0.2, -0.15) is 4.57 Å². The van der Waals surface area contributed by atoms with Crippen molar-refractivity contribution in [2.75, 3.05) is 0 Å². The molecule has 106 valence electrons. The van der Waals surface area contributed by atoms with Gasteiger partial charge in [0.15, 0.2) is 12.4 Å². The highest BCUT2D eigenvalue weighted by molar-refractivity contribution is 5.17. The molecule has 1 atom stereocenters. The van der Waals surface area contributed by atoms with Crippen LogP contribution >= 0.6 is 0 Å². The molecule has 1 heterocycles. The van der Waals surface area contributed by atoms with Gasteiger partial charge >= 0.3 is 0 Å². The highest BCUT2D eigenvalue weighted by Crippen LogP contribution is 2.20. The zero-order valence-electron chi connectivity index (χ0n) is 12.6. The van der Waals surface area contributed by atoms with Crippen molar-refractivity contribution in [3.63, 3.8) is 0 Å². The number of aliphatic hydroxyl groups is 1. The molecule has 0 fully saturated rings. The molecule has 2 rings (SSSR count). The van der Waals surface area contributed by atoms with Gasteiger partial charge in [0.25, 0.3) is 6.23 Å². The van der Waals surface area contributed by atoms with E-state index in [1.807, 2.05) is 35.2 Å². The van der Waals surface area contributed by atoms with Gasteiger partial charge in [-0.3, -0.25) is 0 Å². The molecule has 0 aliphatic carbocycles. The Balaban J connectivity index is 1.97. The first kappa shape index (κ1) is 14.7. The van der Waals surface area contributed by atoms with E-state index >= 15 is 0 Å². The first-order valence-corrected chi connectivity index (χ1v) is 7.20. The second kappa shape index (κ2) is 6.19. The molecule has 0 saturated heterocycles. The van der Waals surface area contributed by atoms with Crippen LogP contribution in [0.15, 0.2) is 54.9 Å². The highest BCUT2D eigenvalue weighted by atomic mass is 16.3. The predicted molar refractivity (Wildman–Crippen MR) is 81.4 cm³/mol. The molecule has 2 nitrogen and oxygen atoms in total. The van der Waals surface area contributed by atoms with Crippen LogP contribution in [-0.4, -0.2) is 5.11 Å². The molecule has 0 saturated carbocycles. The van der Waals surface area contributed by atoms with Crippen LogP contribution in [0.3, 0.4) is 0 Å². The summed E-state index contributed by atoms with van der Waals surface area (Å²) in [7, 11) is 0. The monoisotopic (exact) mass is 270 g/mol. The second-order valence-electron chi connectivity index (χ2n) is 6.29. The number of hydrogen-bond acceptors (Lipinski definition) is 1. The van der Waals surface area contributed by atoms with Crippen LogP contribution in [0.2, 0.25) is 0 Å². The SMILES string of the molecule is CC(C)(C)c1cc[n+]([C@H](O)CCc2ccccc2)cc1. The molecular weight excluding hydrogens is 246 g/mol. The zero-order chi connectivity index (χ0) is 14.6. The molecule has 0 radical (unpaired) electrons. The van der Waals surface area contributed by atoms with Gasteiger partial charge in [0, 0.05) is 18.6 Å². The summed E-state index contributed by atoms with van der Waals surface area (Å²) in [6.07, 6.45) is 5.08. The Hall–Kier alpha value is -1.67.